The molecule has 1 saturated heterocycles. The minimum Gasteiger partial charge on any atom is -0.480 e. The number of thiophene rings is 1. The van der Waals surface area contributed by atoms with E-state index in [0.717, 1.165) is 6.42 Å². The standard InChI is InChI=1S/C19H23N3O3S/c1-25-18-16(5-2-9-21-18)19(24)22-11-7-14(8-12-22)17(23)20-10-6-15-4-3-13-26-15/h2-5,9,13-14H,6-8,10-12H2,1H3,(H,20,23). The molecule has 0 atom stereocenters. The lowest BCUT2D eigenvalue weighted by atomic mass is 9.95. The highest BCUT2D eigenvalue weighted by Crippen LogP contribution is 2.22. The zero-order valence-corrected chi connectivity index (χ0v) is 15.6. The lowest BCUT2D eigenvalue weighted by molar-refractivity contribution is -0.126. The molecule has 0 spiro atoms. The monoisotopic (exact) mass is 373 g/mol. The van der Waals surface area contributed by atoms with E-state index < -0.39 is 0 Å². The van der Waals surface area contributed by atoms with E-state index >= 15 is 0 Å². The van der Waals surface area contributed by atoms with E-state index in [1.807, 2.05) is 11.4 Å². The molecule has 0 unspecified atom stereocenters. The van der Waals surface area contributed by atoms with E-state index in [9.17, 15) is 9.59 Å². The van der Waals surface area contributed by atoms with Crippen LogP contribution in [0.3, 0.4) is 0 Å². The highest BCUT2D eigenvalue weighted by molar-refractivity contribution is 7.09. The summed E-state index contributed by atoms with van der Waals surface area (Å²) in [6.45, 7) is 1.80. The zero-order chi connectivity index (χ0) is 18.4. The van der Waals surface area contributed by atoms with Crippen LogP contribution in [-0.4, -0.2) is 48.4 Å². The second-order valence-electron chi connectivity index (χ2n) is 6.25. The minimum atomic E-state index is -0.0912. The third kappa shape index (κ3) is 4.40. The maximum atomic E-state index is 12.7. The Morgan fingerprint density at radius 1 is 1.31 bits per heavy atom. The van der Waals surface area contributed by atoms with Crippen LogP contribution in [0.25, 0.3) is 0 Å². The van der Waals surface area contributed by atoms with Gasteiger partial charge in [0.25, 0.3) is 5.91 Å². The maximum Gasteiger partial charge on any atom is 0.259 e. The van der Waals surface area contributed by atoms with Crippen LogP contribution in [0.2, 0.25) is 0 Å². The van der Waals surface area contributed by atoms with Gasteiger partial charge in [-0.05, 0) is 42.8 Å². The normalized spacial score (nSPS) is 14.9. The molecular weight excluding hydrogens is 350 g/mol. The molecule has 2 aromatic rings. The van der Waals surface area contributed by atoms with E-state index in [-0.39, 0.29) is 17.7 Å². The fraction of sp³-hybridized carbons (Fsp3) is 0.421. The zero-order valence-electron chi connectivity index (χ0n) is 14.8. The van der Waals surface area contributed by atoms with Crippen LogP contribution in [0.15, 0.2) is 35.8 Å². The predicted molar refractivity (Wildman–Crippen MR) is 100 cm³/mol. The minimum absolute atomic E-state index is 0.0295. The average molecular weight is 373 g/mol. The molecule has 6 nitrogen and oxygen atoms in total. The van der Waals surface area contributed by atoms with Crippen molar-refractivity contribution < 1.29 is 14.3 Å². The first-order valence-corrected chi connectivity index (χ1v) is 9.65. The Balaban J connectivity index is 1.47. The molecule has 0 radical (unpaired) electrons. The molecule has 26 heavy (non-hydrogen) atoms. The van der Waals surface area contributed by atoms with Crippen LogP contribution in [0, 0.1) is 5.92 Å². The Morgan fingerprint density at radius 2 is 2.12 bits per heavy atom. The summed E-state index contributed by atoms with van der Waals surface area (Å²) in [5, 5.41) is 5.06. The van der Waals surface area contributed by atoms with Gasteiger partial charge in [-0.25, -0.2) is 4.98 Å². The topological polar surface area (TPSA) is 71.5 Å². The number of carbonyl (C=O) groups excluding carboxylic acids is 2. The van der Waals surface area contributed by atoms with Crippen molar-refractivity contribution in [2.75, 3.05) is 26.7 Å². The number of nitrogens with zero attached hydrogens (tertiary/aromatic N) is 2. The number of likely N-dealkylation sites (tertiary alicyclic amines) is 1. The van der Waals surface area contributed by atoms with Gasteiger partial charge in [0.1, 0.15) is 5.56 Å². The lowest BCUT2D eigenvalue weighted by Gasteiger charge is -2.31. The first-order chi connectivity index (χ1) is 12.7. The van der Waals surface area contributed by atoms with Crippen molar-refractivity contribution >= 4 is 23.2 Å². The number of amides is 2. The molecule has 1 aliphatic rings. The molecule has 1 aliphatic heterocycles. The molecule has 0 saturated carbocycles. The molecular formula is C19H23N3O3S. The van der Waals surface area contributed by atoms with Crippen molar-refractivity contribution in [3.05, 3.63) is 46.3 Å². The van der Waals surface area contributed by atoms with E-state index in [4.69, 9.17) is 4.74 Å². The number of ether oxygens (including phenoxy) is 1. The third-order valence-electron chi connectivity index (χ3n) is 4.60. The Labute approximate surface area is 157 Å². The van der Waals surface area contributed by atoms with Gasteiger partial charge in [-0.3, -0.25) is 9.59 Å². The molecule has 0 aromatic carbocycles. The molecule has 3 rings (SSSR count). The second-order valence-corrected chi connectivity index (χ2v) is 7.28. The molecule has 1 fully saturated rings. The second kappa shape index (κ2) is 8.80. The fourth-order valence-electron chi connectivity index (χ4n) is 3.14. The summed E-state index contributed by atoms with van der Waals surface area (Å²) in [6, 6.07) is 7.54. The van der Waals surface area contributed by atoms with E-state index in [1.54, 1.807) is 34.6 Å². The van der Waals surface area contributed by atoms with Crippen molar-refractivity contribution in [2.45, 2.75) is 19.3 Å². The largest absolute Gasteiger partial charge is 0.480 e. The maximum absolute atomic E-state index is 12.7. The summed E-state index contributed by atoms with van der Waals surface area (Å²) in [6.07, 6.45) is 3.82. The number of hydrogen-bond donors (Lipinski definition) is 1. The van der Waals surface area contributed by atoms with Gasteiger partial charge in [0, 0.05) is 36.6 Å². The average Bonchev–Trinajstić information content (AvgIpc) is 3.21. The molecule has 2 aromatic heterocycles. The molecule has 3 heterocycles. The predicted octanol–water partition coefficient (Wildman–Crippen LogP) is 2.36. The molecule has 138 valence electrons. The van der Waals surface area contributed by atoms with Crippen molar-refractivity contribution in [2.24, 2.45) is 5.92 Å². The van der Waals surface area contributed by atoms with Gasteiger partial charge in [0.15, 0.2) is 0 Å². The molecule has 0 aliphatic carbocycles. The van der Waals surface area contributed by atoms with E-state index in [0.29, 0.717) is 43.9 Å². The number of rotatable bonds is 6. The van der Waals surface area contributed by atoms with E-state index in [1.165, 1.54) is 12.0 Å². The van der Waals surface area contributed by atoms with Crippen LogP contribution in [0.4, 0.5) is 0 Å². The van der Waals surface area contributed by atoms with Crippen molar-refractivity contribution in [3.8, 4) is 5.88 Å². The third-order valence-corrected chi connectivity index (χ3v) is 5.53. The van der Waals surface area contributed by atoms with Gasteiger partial charge in [0.05, 0.1) is 7.11 Å². The van der Waals surface area contributed by atoms with Crippen molar-refractivity contribution in [1.29, 1.82) is 0 Å². The number of carbonyl (C=O) groups is 2. The highest BCUT2D eigenvalue weighted by Gasteiger charge is 2.28. The molecule has 1 N–H and O–H groups in total. The van der Waals surface area contributed by atoms with Gasteiger partial charge in [-0.1, -0.05) is 6.07 Å². The Bertz CT molecular complexity index is 740. The van der Waals surface area contributed by atoms with Gasteiger partial charge < -0.3 is 15.0 Å². The summed E-state index contributed by atoms with van der Waals surface area (Å²) in [7, 11) is 1.51. The summed E-state index contributed by atoms with van der Waals surface area (Å²) in [4.78, 5) is 32.1. The summed E-state index contributed by atoms with van der Waals surface area (Å²) < 4.78 is 5.17. The number of pyridine rings is 1. The van der Waals surface area contributed by atoms with Crippen LogP contribution >= 0.6 is 11.3 Å². The molecule has 0 bridgehead atoms. The van der Waals surface area contributed by atoms with E-state index in [2.05, 4.69) is 16.4 Å². The number of methoxy groups -OCH3 is 1. The number of hydrogen-bond acceptors (Lipinski definition) is 5. The van der Waals surface area contributed by atoms with Crippen LogP contribution < -0.4 is 10.1 Å². The smallest absolute Gasteiger partial charge is 0.259 e. The first-order valence-electron chi connectivity index (χ1n) is 8.77. The lowest BCUT2D eigenvalue weighted by Crippen LogP contribution is -2.43. The Kier molecular flexibility index (Phi) is 6.22. The fourth-order valence-corrected chi connectivity index (χ4v) is 3.85. The van der Waals surface area contributed by atoms with Crippen LogP contribution in [0.1, 0.15) is 28.1 Å². The summed E-state index contributed by atoms with van der Waals surface area (Å²) in [5.41, 5.74) is 0.467. The van der Waals surface area contributed by atoms with Gasteiger partial charge in [0.2, 0.25) is 11.8 Å². The van der Waals surface area contributed by atoms with Crippen molar-refractivity contribution in [3.63, 3.8) is 0 Å². The Hall–Kier alpha value is -2.41. The number of nitrogens with one attached hydrogen (secondary N) is 1. The van der Waals surface area contributed by atoms with Gasteiger partial charge in [-0.2, -0.15) is 0 Å². The first kappa shape index (κ1) is 18.4. The van der Waals surface area contributed by atoms with Crippen LogP contribution in [0.5, 0.6) is 5.88 Å². The number of piperidine rings is 1. The number of aromatic nitrogens is 1. The molecule has 7 heteroatoms. The molecule has 2 amide bonds. The summed E-state index contributed by atoms with van der Waals surface area (Å²) in [5.74, 6) is 0.309. The van der Waals surface area contributed by atoms with Crippen molar-refractivity contribution in [1.82, 2.24) is 15.2 Å². The quantitative estimate of drug-likeness (QED) is 0.844. The van der Waals surface area contributed by atoms with Gasteiger partial charge in [-0.15, -0.1) is 11.3 Å². The van der Waals surface area contributed by atoms with Crippen LogP contribution in [-0.2, 0) is 11.2 Å². The highest BCUT2D eigenvalue weighted by atomic mass is 32.1. The van der Waals surface area contributed by atoms with Gasteiger partial charge >= 0.3 is 0 Å². The SMILES string of the molecule is COc1ncccc1C(=O)N1CCC(C(=O)NCCc2cccs2)CC1. The Morgan fingerprint density at radius 3 is 2.81 bits per heavy atom. The summed E-state index contributed by atoms with van der Waals surface area (Å²) >= 11 is 1.70.